The van der Waals surface area contributed by atoms with Crippen LogP contribution in [0.2, 0.25) is 0 Å². The predicted octanol–water partition coefficient (Wildman–Crippen LogP) is 4.20. The van der Waals surface area contributed by atoms with Crippen molar-refractivity contribution >= 4 is 5.69 Å². The van der Waals surface area contributed by atoms with Crippen LogP contribution in [0, 0.1) is 13.8 Å². The third-order valence-corrected chi connectivity index (χ3v) is 3.10. The third-order valence-electron chi connectivity index (χ3n) is 3.10. The number of ether oxygens (including phenoxy) is 1. The Morgan fingerprint density at radius 3 is 2.53 bits per heavy atom. The Kier molecular flexibility index (Phi) is 3.74. The van der Waals surface area contributed by atoms with E-state index in [4.69, 9.17) is 10.5 Å². The lowest BCUT2D eigenvalue weighted by atomic mass is 10.0. The van der Waals surface area contributed by atoms with Gasteiger partial charge in [-0.2, -0.15) is 0 Å². The summed E-state index contributed by atoms with van der Waals surface area (Å²) in [5, 5.41) is 0. The Morgan fingerprint density at radius 1 is 1.16 bits per heavy atom. The smallest absolute Gasteiger partial charge is 0.242 e. The molecule has 0 fully saturated rings. The van der Waals surface area contributed by atoms with Crippen molar-refractivity contribution in [2.24, 2.45) is 0 Å². The quantitative estimate of drug-likeness (QED) is 0.895. The van der Waals surface area contributed by atoms with Gasteiger partial charge in [0, 0.05) is 6.20 Å². The highest BCUT2D eigenvalue weighted by atomic mass is 16.5. The van der Waals surface area contributed by atoms with Crippen LogP contribution in [-0.2, 0) is 0 Å². The van der Waals surface area contributed by atoms with Gasteiger partial charge in [-0.1, -0.05) is 26.0 Å². The topological polar surface area (TPSA) is 48.1 Å². The largest absolute Gasteiger partial charge is 0.437 e. The molecule has 2 rings (SSSR count). The first-order valence-corrected chi connectivity index (χ1v) is 6.48. The van der Waals surface area contributed by atoms with E-state index in [9.17, 15) is 0 Å². The van der Waals surface area contributed by atoms with Crippen molar-refractivity contribution in [3.8, 4) is 11.6 Å². The maximum Gasteiger partial charge on any atom is 0.242 e. The highest BCUT2D eigenvalue weighted by molar-refractivity contribution is 5.52. The first-order valence-electron chi connectivity index (χ1n) is 6.48. The zero-order chi connectivity index (χ0) is 14.0. The molecule has 19 heavy (non-hydrogen) atoms. The van der Waals surface area contributed by atoms with E-state index < -0.39 is 0 Å². The molecule has 0 unspecified atom stereocenters. The van der Waals surface area contributed by atoms with Crippen LogP contribution in [0.15, 0.2) is 30.5 Å². The maximum atomic E-state index is 5.93. The minimum absolute atomic E-state index is 0.464. The lowest BCUT2D eigenvalue weighted by molar-refractivity contribution is 0.461. The maximum absolute atomic E-state index is 5.93. The average molecular weight is 256 g/mol. The second kappa shape index (κ2) is 5.31. The summed E-state index contributed by atoms with van der Waals surface area (Å²) in [6.07, 6.45) is 1.76. The van der Waals surface area contributed by atoms with E-state index in [2.05, 4.69) is 37.0 Å². The molecule has 0 aliphatic rings. The zero-order valence-electron chi connectivity index (χ0n) is 11.9. The summed E-state index contributed by atoms with van der Waals surface area (Å²) in [4.78, 5) is 4.24. The number of hydrogen-bond acceptors (Lipinski definition) is 3. The second-order valence-corrected chi connectivity index (χ2v) is 5.19. The van der Waals surface area contributed by atoms with Gasteiger partial charge in [0.2, 0.25) is 5.88 Å². The molecule has 0 saturated heterocycles. The van der Waals surface area contributed by atoms with Crippen LogP contribution < -0.4 is 10.5 Å². The van der Waals surface area contributed by atoms with E-state index in [1.807, 2.05) is 19.9 Å². The van der Waals surface area contributed by atoms with Gasteiger partial charge >= 0.3 is 0 Å². The van der Waals surface area contributed by atoms with Crippen molar-refractivity contribution in [2.75, 3.05) is 5.73 Å². The monoisotopic (exact) mass is 256 g/mol. The lowest BCUT2D eigenvalue weighted by Crippen LogP contribution is -1.98. The molecule has 2 aromatic rings. The fourth-order valence-electron chi connectivity index (χ4n) is 1.85. The summed E-state index contributed by atoms with van der Waals surface area (Å²) in [7, 11) is 0. The van der Waals surface area contributed by atoms with E-state index in [1.54, 1.807) is 6.20 Å². The fourth-order valence-corrected chi connectivity index (χ4v) is 1.85. The zero-order valence-corrected chi connectivity index (χ0v) is 11.9. The molecule has 0 aliphatic carbocycles. The standard InChI is InChI=1S/C16H20N2O/c1-10(2)13-6-5-12(4)15(8-13)19-16-14(17)7-11(3)9-18-16/h5-10H,17H2,1-4H3. The molecule has 3 nitrogen and oxygen atoms in total. The van der Waals surface area contributed by atoms with Crippen molar-refractivity contribution in [3.63, 3.8) is 0 Å². The molecule has 0 saturated carbocycles. The van der Waals surface area contributed by atoms with Crippen LogP contribution in [0.3, 0.4) is 0 Å². The number of nitrogens with two attached hydrogens (primary N) is 1. The van der Waals surface area contributed by atoms with Gasteiger partial charge in [-0.05, 0) is 48.6 Å². The van der Waals surface area contributed by atoms with Crippen molar-refractivity contribution < 1.29 is 4.74 Å². The molecule has 0 aliphatic heterocycles. The van der Waals surface area contributed by atoms with Crippen LogP contribution >= 0.6 is 0 Å². The van der Waals surface area contributed by atoms with Gasteiger partial charge in [-0.25, -0.2) is 4.98 Å². The summed E-state index contributed by atoms with van der Waals surface area (Å²) in [5.74, 6) is 1.75. The molecular weight excluding hydrogens is 236 g/mol. The number of hydrogen-bond donors (Lipinski definition) is 1. The predicted molar refractivity (Wildman–Crippen MR) is 78.7 cm³/mol. The van der Waals surface area contributed by atoms with E-state index >= 15 is 0 Å². The second-order valence-electron chi connectivity index (χ2n) is 5.19. The summed E-state index contributed by atoms with van der Waals surface area (Å²) in [5.41, 5.74) is 9.84. The molecule has 0 radical (unpaired) electrons. The molecule has 1 heterocycles. The average Bonchev–Trinajstić information content (AvgIpc) is 2.34. The number of pyridine rings is 1. The normalized spacial score (nSPS) is 10.8. The summed E-state index contributed by atoms with van der Waals surface area (Å²) in [6, 6.07) is 8.11. The van der Waals surface area contributed by atoms with Crippen molar-refractivity contribution in [2.45, 2.75) is 33.6 Å². The van der Waals surface area contributed by atoms with Crippen LogP contribution in [0.25, 0.3) is 0 Å². The van der Waals surface area contributed by atoms with Crippen LogP contribution in [0.1, 0.15) is 36.5 Å². The highest BCUT2D eigenvalue weighted by Gasteiger charge is 2.09. The fraction of sp³-hybridized carbons (Fsp3) is 0.312. The highest BCUT2D eigenvalue weighted by Crippen LogP contribution is 2.30. The van der Waals surface area contributed by atoms with Crippen LogP contribution in [-0.4, -0.2) is 4.98 Å². The Bertz CT molecular complexity index is 591. The van der Waals surface area contributed by atoms with E-state index in [-0.39, 0.29) is 0 Å². The number of nitrogen functional groups attached to an aromatic ring is 1. The molecule has 0 bridgehead atoms. The molecule has 1 aromatic heterocycles. The Balaban J connectivity index is 2.34. The van der Waals surface area contributed by atoms with Gasteiger partial charge in [-0.3, -0.25) is 0 Å². The molecule has 0 spiro atoms. The molecule has 2 N–H and O–H groups in total. The minimum atomic E-state index is 0.464. The number of aromatic nitrogens is 1. The van der Waals surface area contributed by atoms with Crippen molar-refractivity contribution in [1.29, 1.82) is 0 Å². The molecule has 0 amide bonds. The van der Waals surface area contributed by atoms with Gasteiger partial charge in [-0.15, -0.1) is 0 Å². The Labute approximate surface area is 114 Å². The van der Waals surface area contributed by atoms with Gasteiger partial charge in [0.1, 0.15) is 5.75 Å². The lowest BCUT2D eigenvalue weighted by Gasteiger charge is -2.13. The van der Waals surface area contributed by atoms with Gasteiger partial charge < -0.3 is 10.5 Å². The van der Waals surface area contributed by atoms with Crippen LogP contribution in [0.4, 0.5) is 5.69 Å². The van der Waals surface area contributed by atoms with Crippen molar-refractivity contribution in [1.82, 2.24) is 4.98 Å². The van der Waals surface area contributed by atoms with Crippen LogP contribution in [0.5, 0.6) is 11.6 Å². The number of aryl methyl sites for hydroxylation is 2. The minimum Gasteiger partial charge on any atom is -0.437 e. The van der Waals surface area contributed by atoms with E-state index in [0.717, 1.165) is 16.9 Å². The van der Waals surface area contributed by atoms with Crippen molar-refractivity contribution in [3.05, 3.63) is 47.2 Å². The van der Waals surface area contributed by atoms with Gasteiger partial charge in [0.15, 0.2) is 0 Å². The Morgan fingerprint density at radius 2 is 1.89 bits per heavy atom. The van der Waals surface area contributed by atoms with Gasteiger partial charge in [0.25, 0.3) is 0 Å². The number of benzene rings is 1. The number of anilines is 1. The molecule has 1 aromatic carbocycles. The number of nitrogens with zero attached hydrogens (tertiary/aromatic N) is 1. The van der Waals surface area contributed by atoms with E-state index in [0.29, 0.717) is 17.5 Å². The molecule has 3 heteroatoms. The van der Waals surface area contributed by atoms with Gasteiger partial charge in [0.05, 0.1) is 5.69 Å². The summed E-state index contributed by atoms with van der Waals surface area (Å²) < 4.78 is 5.85. The number of rotatable bonds is 3. The first kappa shape index (κ1) is 13.4. The molecular formula is C16H20N2O. The third kappa shape index (κ3) is 3.05. The summed E-state index contributed by atoms with van der Waals surface area (Å²) in [6.45, 7) is 8.29. The molecule has 100 valence electrons. The van der Waals surface area contributed by atoms with E-state index in [1.165, 1.54) is 5.56 Å². The molecule has 0 atom stereocenters. The summed E-state index contributed by atoms with van der Waals surface area (Å²) >= 11 is 0. The first-order chi connectivity index (χ1) is 8.97. The Hall–Kier alpha value is -2.03. The SMILES string of the molecule is Cc1cnc(Oc2cc(C(C)C)ccc2C)c(N)c1.